The Kier molecular flexibility index (Phi) is 2.92. The average Bonchev–Trinajstić information content (AvgIpc) is 2.69. The quantitative estimate of drug-likeness (QED) is 0.802. The molecule has 0 bridgehead atoms. The summed E-state index contributed by atoms with van der Waals surface area (Å²) in [7, 11) is 0. The molecule has 0 saturated carbocycles. The van der Waals surface area contributed by atoms with Crippen LogP contribution in [-0.2, 0) is 4.74 Å². The fourth-order valence-corrected chi connectivity index (χ4v) is 2.37. The van der Waals surface area contributed by atoms with Gasteiger partial charge in [-0.1, -0.05) is 18.2 Å². The number of hydrogen-bond acceptors (Lipinski definition) is 3. The van der Waals surface area contributed by atoms with Crippen molar-refractivity contribution in [3.63, 3.8) is 0 Å². The van der Waals surface area contributed by atoms with Crippen LogP contribution >= 0.6 is 0 Å². The number of benzene rings is 1. The van der Waals surface area contributed by atoms with Gasteiger partial charge in [-0.05, 0) is 26.8 Å². The van der Waals surface area contributed by atoms with Crippen LogP contribution < -0.4 is 0 Å². The van der Waals surface area contributed by atoms with Gasteiger partial charge < -0.3 is 9.64 Å². The van der Waals surface area contributed by atoms with Gasteiger partial charge in [0.1, 0.15) is 5.60 Å². The van der Waals surface area contributed by atoms with Gasteiger partial charge in [-0.3, -0.25) is 4.68 Å². The van der Waals surface area contributed by atoms with Crippen molar-refractivity contribution in [1.82, 2.24) is 14.7 Å². The number of amides is 1. The van der Waals surface area contributed by atoms with Gasteiger partial charge in [0.2, 0.25) is 0 Å². The maximum absolute atomic E-state index is 11.9. The number of rotatable bonds is 1. The van der Waals surface area contributed by atoms with E-state index in [0.29, 0.717) is 13.1 Å². The van der Waals surface area contributed by atoms with E-state index in [9.17, 15) is 4.79 Å². The minimum absolute atomic E-state index is 0.238. The number of para-hydroxylation sites is 1. The lowest BCUT2D eigenvalue weighted by Gasteiger charge is -2.39. The summed E-state index contributed by atoms with van der Waals surface area (Å²) >= 11 is 0. The monoisotopic (exact) mass is 273 g/mol. The first-order valence-electron chi connectivity index (χ1n) is 6.84. The highest BCUT2D eigenvalue weighted by Gasteiger charge is 2.35. The zero-order valence-corrected chi connectivity index (χ0v) is 12.0. The molecule has 1 aromatic carbocycles. The summed E-state index contributed by atoms with van der Waals surface area (Å²) in [4.78, 5) is 13.6. The lowest BCUT2D eigenvalue weighted by atomic mass is 10.1. The molecule has 0 unspecified atom stereocenters. The maximum atomic E-state index is 11.9. The summed E-state index contributed by atoms with van der Waals surface area (Å²) in [5, 5.41) is 5.55. The van der Waals surface area contributed by atoms with E-state index in [-0.39, 0.29) is 12.1 Å². The second-order valence-corrected chi connectivity index (χ2v) is 6.19. The first-order chi connectivity index (χ1) is 9.44. The molecule has 1 amide bonds. The lowest BCUT2D eigenvalue weighted by molar-refractivity contribution is 0.000161. The van der Waals surface area contributed by atoms with E-state index in [4.69, 9.17) is 4.74 Å². The molecule has 2 aromatic rings. The minimum Gasteiger partial charge on any atom is -0.444 e. The van der Waals surface area contributed by atoms with Crippen LogP contribution in [0.25, 0.3) is 10.9 Å². The number of carbonyl (C=O) groups excluding carboxylic acids is 1. The summed E-state index contributed by atoms with van der Waals surface area (Å²) in [5.74, 6) is 0. The van der Waals surface area contributed by atoms with Crippen LogP contribution in [0.5, 0.6) is 0 Å². The SMILES string of the molecule is CC(C)(C)OC(=O)N1CC(n2ncc3ccccc32)C1. The van der Waals surface area contributed by atoms with E-state index in [1.54, 1.807) is 4.90 Å². The maximum Gasteiger partial charge on any atom is 0.410 e. The Balaban J connectivity index is 1.67. The Labute approximate surface area is 118 Å². The van der Waals surface area contributed by atoms with Gasteiger partial charge in [0, 0.05) is 18.5 Å². The number of hydrogen-bond donors (Lipinski definition) is 0. The molecule has 5 heteroatoms. The van der Waals surface area contributed by atoms with Crippen LogP contribution in [0.4, 0.5) is 4.79 Å². The van der Waals surface area contributed by atoms with Crippen molar-refractivity contribution < 1.29 is 9.53 Å². The Hall–Kier alpha value is -2.04. The second kappa shape index (κ2) is 4.51. The highest BCUT2D eigenvalue weighted by Crippen LogP contribution is 2.26. The summed E-state index contributed by atoms with van der Waals surface area (Å²) in [6.45, 7) is 6.94. The first-order valence-corrected chi connectivity index (χ1v) is 6.84. The fourth-order valence-electron chi connectivity index (χ4n) is 2.37. The van der Waals surface area contributed by atoms with Crippen LogP contribution in [0, 0.1) is 0 Å². The molecule has 0 radical (unpaired) electrons. The van der Waals surface area contributed by atoms with E-state index in [2.05, 4.69) is 11.2 Å². The number of likely N-dealkylation sites (tertiary alicyclic amines) is 1. The standard InChI is InChI=1S/C15H19N3O2/c1-15(2,3)20-14(19)17-9-12(10-17)18-13-7-5-4-6-11(13)8-16-18/h4-8,12H,9-10H2,1-3H3. The molecule has 1 saturated heterocycles. The van der Waals surface area contributed by atoms with Gasteiger partial charge in [-0.2, -0.15) is 5.10 Å². The molecule has 20 heavy (non-hydrogen) atoms. The average molecular weight is 273 g/mol. The molecule has 0 spiro atoms. The lowest BCUT2D eigenvalue weighted by Crippen LogP contribution is -2.52. The Morgan fingerprint density at radius 2 is 2.00 bits per heavy atom. The summed E-state index contributed by atoms with van der Waals surface area (Å²) in [6, 6.07) is 8.34. The van der Waals surface area contributed by atoms with Crippen LogP contribution in [0.2, 0.25) is 0 Å². The number of nitrogens with zero attached hydrogens (tertiary/aromatic N) is 3. The molecule has 2 heterocycles. The highest BCUT2D eigenvalue weighted by molar-refractivity contribution is 5.78. The third-order valence-electron chi connectivity index (χ3n) is 3.36. The molecule has 1 aromatic heterocycles. The zero-order valence-electron chi connectivity index (χ0n) is 12.0. The van der Waals surface area contributed by atoms with Crippen LogP contribution in [0.15, 0.2) is 30.5 Å². The normalized spacial score (nSPS) is 16.2. The van der Waals surface area contributed by atoms with E-state index in [1.807, 2.05) is 49.8 Å². The summed E-state index contributed by atoms with van der Waals surface area (Å²) < 4.78 is 7.35. The Morgan fingerprint density at radius 3 is 2.70 bits per heavy atom. The topological polar surface area (TPSA) is 47.4 Å². The summed E-state index contributed by atoms with van der Waals surface area (Å²) in [6.07, 6.45) is 1.62. The first kappa shape index (κ1) is 13.0. The predicted molar refractivity (Wildman–Crippen MR) is 76.6 cm³/mol. The van der Waals surface area contributed by atoms with Crippen molar-refractivity contribution in [2.24, 2.45) is 0 Å². The van der Waals surface area contributed by atoms with E-state index >= 15 is 0 Å². The van der Waals surface area contributed by atoms with Crippen LogP contribution in [0.3, 0.4) is 0 Å². The van der Waals surface area contributed by atoms with Crippen molar-refractivity contribution in [1.29, 1.82) is 0 Å². The zero-order chi connectivity index (χ0) is 14.3. The number of ether oxygens (including phenoxy) is 1. The summed E-state index contributed by atoms with van der Waals surface area (Å²) in [5.41, 5.74) is 0.668. The number of carbonyl (C=O) groups is 1. The third-order valence-corrected chi connectivity index (χ3v) is 3.36. The van der Waals surface area contributed by atoms with Crippen molar-refractivity contribution in [2.45, 2.75) is 32.4 Å². The molecule has 1 aliphatic heterocycles. The molecule has 106 valence electrons. The van der Waals surface area contributed by atoms with E-state index in [1.165, 1.54) is 0 Å². The molecular formula is C15H19N3O2. The molecule has 1 aliphatic rings. The number of fused-ring (bicyclic) bond motifs is 1. The molecule has 5 nitrogen and oxygen atoms in total. The Morgan fingerprint density at radius 1 is 1.30 bits per heavy atom. The van der Waals surface area contributed by atoms with Gasteiger partial charge in [-0.15, -0.1) is 0 Å². The molecule has 0 N–H and O–H groups in total. The second-order valence-electron chi connectivity index (χ2n) is 6.19. The molecule has 3 rings (SSSR count). The predicted octanol–water partition coefficient (Wildman–Crippen LogP) is 2.83. The van der Waals surface area contributed by atoms with Gasteiger partial charge in [0.15, 0.2) is 0 Å². The molecule has 1 fully saturated rings. The fraction of sp³-hybridized carbons (Fsp3) is 0.467. The van der Waals surface area contributed by atoms with Crippen molar-refractivity contribution in [3.8, 4) is 0 Å². The third kappa shape index (κ3) is 2.35. The van der Waals surface area contributed by atoms with Gasteiger partial charge in [0.25, 0.3) is 0 Å². The minimum atomic E-state index is -0.444. The molecule has 0 aliphatic carbocycles. The van der Waals surface area contributed by atoms with E-state index in [0.717, 1.165) is 10.9 Å². The van der Waals surface area contributed by atoms with Gasteiger partial charge in [0.05, 0.1) is 17.8 Å². The molecular weight excluding hydrogens is 254 g/mol. The van der Waals surface area contributed by atoms with Crippen LogP contribution in [0.1, 0.15) is 26.8 Å². The highest BCUT2D eigenvalue weighted by atomic mass is 16.6. The number of aromatic nitrogens is 2. The van der Waals surface area contributed by atoms with Crippen LogP contribution in [-0.4, -0.2) is 39.5 Å². The van der Waals surface area contributed by atoms with Gasteiger partial charge >= 0.3 is 6.09 Å². The smallest absolute Gasteiger partial charge is 0.410 e. The molecule has 0 atom stereocenters. The van der Waals surface area contributed by atoms with Crippen molar-refractivity contribution in [2.75, 3.05) is 13.1 Å². The Bertz CT molecular complexity index is 636. The van der Waals surface area contributed by atoms with Crippen molar-refractivity contribution in [3.05, 3.63) is 30.5 Å². The largest absolute Gasteiger partial charge is 0.444 e. The van der Waals surface area contributed by atoms with Crippen molar-refractivity contribution >= 4 is 17.0 Å². The van der Waals surface area contributed by atoms with E-state index < -0.39 is 5.60 Å². The van der Waals surface area contributed by atoms with Gasteiger partial charge in [-0.25, -0.2) is 4.79 Å².